The van der Waals surface area contributed by atoms with Crippen molar-refractivity contribution >= 4 is 27.1 Å². The van der Waals surface area contributed by atoms with Crippen LogP contribution in [0.15, 0.2) is 30.9 Å². The van der Waals surface area contributed by atoms with E-state index in [0.29, 0.717) is 18.0 Å². The maximum absolute atomic E-state index is 12.2. The largest absolute Gasteiger partial charge is 0.443 e. The number of nitrogens with zero attached hydrogens (tertiary/aromatic N) is 5. The second kappa shape index (κ2) is 10.1. The van der Waals surface area contributed by atoms with Crippen LogP contribution in [0, 0.1) is 11.3 Å². The van der Waals surface area contributed by atoms with Gasteiger partial charge in [0.2, 0.25) is 0 Å². The number of carbonyl (C=O) groups is 1. The van der Waals surface area contributed by atoms with Crippen LogP contribution in [-0.4, -0.2) is 51.8 Å². The van der Waals surface area contributed by atoms with Gasteiger partial charge in [0.05, 0.1) is 36.7 Å². The molecule has 0 radical (unpaired) electrons. The van der Waals surface area contributed by atoms with E-state index in [2.05, 4.69) is 15.3 Å². The van der Waals surface area contributed by atoms with E-state index in [-0.39, 0.29) is 25.3 Å². The predicted molar refractivity (Wildman–Crippen MR) is 131 cm³/mol. The Labute approximate surface area is 205 Å². The van der Waals surface area contributed by atoms with Crippen LogP contribution in [0.2, 0.25) is 0 Å². The van der Waals surface area contributed by atoms with Crippen LogP contribution in [0.25, 0.3) is 22.2 Å². The maximum Gasteiger partial charge on any atom is 0.312 e. The Balaban J connectivity index is 1.56. The molecule has 1 fully saturated rings. The zero-order valence-corrected chi connectivity index (χ0v) is 21.5. The molecule has 0 spiro atoms. The van der Waals surface area contributed by atoms with Gasteiger partial charge in [0, 0.05) is 28.9 Å². The molecule has 0 amide bonds. The number of esters is 1. The molecular formula is C24H33N5O5S. The Kier molecular flexibility index (Phi) is 7.27. The van der Waals surface area contributed by atoms with Gasteiger partial charge in [-0.05, 0) is 52.0 Å². The van der Waals surface area contributed by atoms with Crippen LogP contribution >= 0.6 is 0 Å². The Morgan fingerprint density at radius 2 is 1.97 bits per heavy atom. The Morgan fingerprint density at radius 3 is 2.66 bits per heavy atom. The molecule has 0 bridgehead atoms. The van der Waals surface area contributed by atoms with E-state index in [4.69, 9.17) is 8.92 Å². The van der Waals surface area contributed by atoms with Crippen molar-refractivity contribution in [2.24, 2.45) is 11.3 Å². The lowest BCUT2D eigenvalue weighted by molar-refractivity contribution is -0.156. The summed E-state index contributed by atoms with van der Waals surface area (Å²) in [6.45, 7) is 5.62. The molecule has 0 aliphatic heterocycles. The van der Waals surface area contributed by atoms with Gasteiger partial charge in [-0.2, -0.15) is 18.6 Å². The third-order valence-corrected chi connectivity index (χ3v) is 7.01. The topological polar surface area (TPSA) is 118 Å². The Morgan fingerprint density at radius 1 is 1.23 bits per heavy atom. The second-order valence-corrected chi connectivity index (χ2v) is 11.9. The lowest BCUT2D eigenvalue weighted by Gasteiger charge is -2.23. The number of hydrogen-bond acceptors (Lipinski definition) is 8. The van der Waals surface area contributed by atoms with Crippen LogP contribution in [0.4, 0.5) is 0 Å². The number of aromatic nitrogens is 5. The molecule has 0 saturated heterocycles. The third-order valence-electron chi connectivity index (χ3n) is 6.42. The number of carbonyl (C=O) groups excluding carboxylic acids is 1. The highest BCUT2D eigenvalue weighted by atomic mass is 32.2. The number of rotatable bonds is 9. The van der Waals surface area contributed by atoms with Crippen LogP contribution in [0.5, 0.6) is 0 Å². The summed E-state index contributed by atoms with van der Waals surface area (Å²) in [5.41, 5.74) is 1.79. The number of ether oxygens (including phenoxy) is 1. The minimum Gasteiger partial charge on any atom is -0.443 e. The molecule has 11 heteroatoms. The lowest BCUT2D eigenvalue weighted by atomic mass is 9.96. The monoisotopic (exact) mass is 503 g/mol. The van der Waals surface area contributed by atoms with Crippen molar-refractivity contribution in [1.29, 1.82) is 0 Å². The van der Waals surface area contributed by atoms with Gasteiger partial charge in [0.1, 0.15) is 0 Å². The second-order valence-electron chi connectivity index (χ2n) is 10.2. The van der Waals surface area contributed by atoms with Gasteiger partial charge in [-0.15, -0.1) is 5.10 Å². The van der Waals surface area contributed by atoms with Crippen molar-refractivity contribution in [1.82, 2.24) is 24.5 Å². The summed E-state index contributed by atoms with van der Waals surface area (Å²) in [5, 5.41) is 13.9. The molecule has 190 valence electrons. The van der Waals surface area contributed by atoms with Gasteiger partial charge in [0.15, 0.2) is 12.4 Å². The summed E-state index contributed by atoms with van der Waals surface area (Å²) >= 11 is 0. The van der Waals surface area contributed by atoms with Crippen LogP contribution < -0.4 is 0 Å². The Hall–Kier alpha value is -2.79. The SMILES string of the molecule is CC(C)(C)C(=O)OCn1ccc2c(-c3cnn(C(CCOS(C)(=O)=O)C4CCCC4)c3)cnnc21. The van der Waals surface area contributed by atoms with Crippen LogP contribution in [-0.2, 0) is 30.6 Å². The van der Waals surface area contributed by atoms with E-state index >= 15 is 0 Å². The van der Waals surface area contributed by atoms with E-state index in [9.17, 15) is 13.2 Å². The fraction of sp³-hybridized carbons (Fsp3) is 0.583. The number of fused-ring (bicyclic) bond motifs is 1. The molecule has 1 atom stereocenters. The highest BCUT2D eigenvalue weighted by molar-refractivity contribution is 7.85. The van der Waals surface area contributed by atoms with Crippen molar-refractivity contribution in [2.75, 3.05) is 12.9 Å². The maximum atomic E-state index is 12.2. The molecule has 1 saturated carbocycles. The molecule has 3 heterocycles. The molecule has 35 heavy (non-hydrogen) atoms. The zero-order valence-electron chi connectivity index (χ0n) is 20.7. The molecule has 3 aromatic heterocycles. The van der Waals surface area contributed by atoms with Crippen molar-refractivity contribution in [2.45, 2.75) is 65.6 Å². The molecule has 4 rings (SSSR count). The fourth-order valence-electron chi connectivity index (χ4n) is 4.58. The summed E-state index contributed by atoms with van der Waals surface area (Å²) in [4.78, 5) is 12.2. The van der Waals surface area contributed by atoms with Gasteiger partial charge in [0.25, 0.3) is 10.1 Å². The summed E-state index contributed by atoms with van der Waals surface area (Å²) in [6.07, 6.45) is 13.5. The molecule has 0 N–H and O–H groups in total. The van der Waals surface area contributed by atoms with Gasteiger partial charge < -0.3 is 4.74 Å². The molecule has 3 aromatic rings. The minimum absolute atomic E-state index is 0.0553. The minimum atomic E-state index is -3.48. The van der Waals surface area contributed by atoms with Crippen LogP contribution in [0.3, 0.4) is 0 Å². The lowest BCUT2D eigenvalue weighted by Crippen LogP contribution is -2.23. The molecular weight excluding hydrogens is 470 g/mol. The van der Waals surface area contributed by atoms with Crippen molar-refractivity contribution in [3.8, 4) is 11.1 Å². The average Bonchev–Trinajstić information content (AvgIpc) is 3.54. The van der Waals surface area contributed by atoms with E-state index < -0.39 is 15.5 Å². The normalized spacial score (nSPS) is 16.1. The average molecular weight is 504 g/mol. The third kappa shape index (κ3) is 6.07. The molecule has 1 aliphatic rings. The Bertz CT molecular complexity index is 1290. The van der Waals surface area contributed by atoms with E-state index in [1.165, 1.54) is 12.8 Å². The van der Waals surface area contributed by atoms with Gasteiger partial charge in [-0.1, -0.05) is 12.8 Å². The molecule has 1 unspecified atom stereocenters. The predicted octanol–water partition coefficient (Wildman–Crippen LogP) is 3.94. The summed E-state index contributed by atoms with van der Waals surface area (Å²) in [6, 6.07) is 1.98. The zero-order chi connectivity index (χ0) is 25.2. The fourth-order valence-corrected chi connectivity index (χ4v) is 4.98. The highest BCUT2D eigenvalue weighted by Crippen LogP contribution is 2.37. The van der Waals surface area contributed by atoms with Crippen LogP contribution in [0.1, 0.15) is 58.9 Å². The smallest absolute Gasteiger partial charge is 0.312 e. The summed E-state index contributed by atoms with van der Waals surface area (Å²) < 4.78 is 37.0. The van der Waals surface area contributed by atoms with E-state index in [1.807, 2.05) is 43.9 Å². The van der Waals surface area contributed by atoms with Gasteiger partial charge in [-0.3, -0.25) is 18.2 Å². The molecule has 1 aliphatic carbocycles. The molecule has 10 nitrogen and oxygen atoms in total. The first-order valence-corrected chi connectivity index (χ1v) is 13.7. The van der Waals surface area contributed by atoms with E-state index in [1.54, 1.807) is 17.0 Å². The first kappa shape index (κ1) is 25.3. The molecule has 0 aromatic carbocycles. The summed E-state index contributed by atoms with van der Waals surface area (Å²) in [5.74, 6) is 0.141. The first-order chi connectivity index (χ1) is 16.5. The van der Waals surface area contributed by atoms with Crippen molar-refractivity contribution < 1.29 is 22.1 Å². The van der Waals surface area contributed by atoms with Crippen molar-refractivity contribution in [3.63, 3.8) is 0 Å². The van der Waals surface area contributed by atoms with Gasteiger partial charge in [-0.25, -0.2) is 0 Å². The van der Waals surface area contributed by atoms with E-state index in [0.717, 1.165) is 35.6 Å². The highest BCUT2D eigenvalue weighted by Gasteiger charge is 2.28. The standard InChI is InChI=1S/C24H33N5O5S/c1-24(2,3)23(30)33-16-28-11-9-19-20(14-25-27-22(19)28)18-13-26-29(15-18)21(17-7-5-6-8-17)10-12-34-35(4,31)32/h9,11,13-15,17,21H,5-8,10,12,16H2,1-4H3. The summed E-state index contributed by atoms with van der Waals surface area (Å²) in [7, 11) is -3.48. The quantitative estimate of drug-likeness (QED) is 0.318. The number of hydrogen-bond donors (Lipinski definition) is 0. The van der Waals surface area contributed by atoms with Gasteiger partial charge >= 0.3 is 5.97 Å². The van der Waals surface area contributed by atoms with Crippen molar-refractivity contribution in [3.05, 3.63) is 30.9 Å². The first-order valence-electron chi connectivity index (χ1n) is 11.9.